The molecule has 0 N–H and O–H groups in total. The number of rotatable bonds is 5. The normalized spacial score (nSPS) is 21.0. The van der Waals surface area contributed by atoms with Crippen LogP contribution in [0.1, 0.15) is 49.5 Å². The molecular formula is C19H24N4O. The van der Waals surface area contributed by atoms with Crippen molar-refractivity contribution in [3.05, 3.63) is 48.0 Å². The zero-order valence-electron chi connectivity index (χ0n) is 14.0. The number of carbonyl (C=O) groups is 1. The number of benzene rings is 1. The lowest BCUT2D eigenvalue weighted by Crippen LogP contribution is -2.40. The molecule has 0 bridgehead atoms. The summed E-state index contributed by atoms with van der Waals surface area (Å²) in [6.07, 6.45) is 7.95. The van der Waals surface area contributed by atoms with Gasteiger partial charge in [-0.25, -0.2) is 9.67 Å². The molecule has 2 fully saturated rings. The SMILES string of the molecule is O=C(C1CC1)N1CCCCC1c1ncnn1CCc1ccccc1. The van der Waals surface area contributed by atoms with Gasteiger partial charge in [-0.3, -0.25) is 4.79 Å². The lowest BCUT2D eigenvalue weighted by Gasteiger charge is -2.35. The van der Waals surface area contributed by atoms with E-state index in [2.05, 4.69) is 39.2 Å². The average molecular weight is 324 g/mol. The van der Waals surface area contributed by atoms with Gasteiger partial charge in [-0.15, -0.1) is 0 Å². The Morgan fingerprint density at radius 1 is 1.12 bits per heavy atom. The van der Waals surface area contributed by atoms with Crippen LogP contribution < -0.4 is 0 Å². The largest absolute Gasteiger partial charge is 0.332 e. The van der Waals surface area contributed by atoms with Gasteiger partial charge in [0.25, 0.3) is 0 Å². The number of aromatic nitrogens is 3. The van der Waals surface area contributed by atoms with Crippen molar-refractivity contribution >= 4 is 5.91 Å². The van der Waals surface area contributed by atoms with Gasteiger partial charge < -0.3 is 4.90 Å². The summed E-state index contributed by atoms with van der Waals surface area (Å²) in [5, 5.41) is 4.43. The number of hydrogen-bond donors (Lipinski definition) is 0. The van der Waals surface area contributed by atoms with E-state index < -0.39 is 0 Å². The molecule has 1 saturated heterocycles. The Bertz CT molecular complexity index is 692. The van der Waals surface area contributed by atoms with Gasteiger partial charge in [0.05, 0.1) is 6.04 Å². The molecular weight excluding hydrogens is 300 g/mol. The minimum absolute atomic E-state index is 0.102. The molecule has 1 aliphatic carbocycles. The highest BCUT2D eigenvalue weighted by Gasteiger charge is 2.39. The highest BCUT2D eigenvalue weighted by Crippen LogP contribution is 2.37. The zero-order chi connectivity index (χ0) is 16.4. The van der Waals surface area contributed by atoms with Crippen LogP contribution in [-0.4, -0.2) is 32.1 Å². The molecule has 5 nitrogen and oxygen atoms in total. The van der Waals surface area contributed by atoms with E-state index in [1.807, 2.05) is 10.7 Å². The summed E-state index contributed by atoms with van der Waals surface area (Å²) in [5.74, 6) is 1.56. The summed E-state index contributed by atoms with van der Waals surface area (Å²) in [6.45, 7) is 1.67. The van der Waals surface area contributed by atoms with Crippen molar-refractivity contribution in [1.82, 2.24) is 19.7 Å². The van der Waals surface area contributed by atoms with Gasteiger partial charge in [0.15, 0.2) is 0 Å². The van der Waals surface area contributed by atoms with Crippen molar-refractivity contribution in [3.8, 4) is 0 Å². The van der Waals surface area contributed by atoms with Crippen LogP contribution >= 0.6 is 0 Å². The Hall–Kier alpha value is -2.17. The van der Waals surface area contributed by atoms with Crippen LogP contribution in [0, 0.1) is 5.92 Å². The Balaban J connectivity index is 1.50. The molecule has 1 aromatic heterocycles. The second kappa shape index (κ2) is 6.75. The molecule has 1 amide bonds. The Kier molecular flexibility index (Phi) is 4.32. The second-order valence-corrected chi connectivity index (χ2v) is 6.89. The van der Waals surface area contributed by atoms with Crippen molar-refractivity contribution in [3.63, 3.8) is 0 Å². The lowest BCUT2D eigenvalue weighted by molar-refractivity contribution is -0.136. The van der Waals surface area contributed by atoms with E-state index in [-0.39, 0.29) is 12.0 Å². The van der Waals surface area contributed by atoms with Crippen LogP contribution in [0.15, 0.2) is 36.7 Å². The smallest absolute Gasteiger partial charge is 0.226 e. The van der Waals surface area contributed by atoms with Gasteiger partial charge in [0.2, 0.25) is 5.91 Å². The Morgan fingerprint density at radius 3 is 2.75 bits per heavy atom. The summed E-state index contributed by atoms with van der Waals surface area (Å²) in [4.78, 5) is 19.2. The third-order valence-electron chi connectivity index (χ3n) is 5.11. The maximum atomic E-state index is 12.6. The maximum absolute atomic E-state index is 12.6. The van der Waals surface area contributed by atoms with Gasteiger partial charge in [-0.2, -0.15) is 5.10 Å². The predicted octanol–water partition coefficient (Wildman–Crippen LogP) is 2.98. The third kappa shape index (κ3) is 3.21. The van der Waals surface area contributed by atoms with E-state index in [1.54, 1.807) is 6.33 Å². The molecule has 0 spiro atoms. The molecule has 24 heavy (non-hydrogen) atoms. The van der Waals surface area contributed by atoms with Crippen LogP contribution in [0.25, 0.3) is 0 Å². The van der Waals surface area contributed by atoms with Crippen molar-refractivity contribution in [2.24, 2.45) is 5.92 Å². The maximum Gasteiger partial charge on any atom is 0.226 e. The van der Waals surface area contributed by atoms with Crippen molar-refractivity contribution in [1.29, 1.82) is 0 Å². The summed E-state index contributed by atoms with van der Waals surface area (Å²) >= 11 is 0. The molecule has 4 rings (SSSR count). The standard InChI is InChI=1S/C19H24N4O/c24-19(16-9-10-16)22-12-5-4-8-17(22)18-20-14-21-23(18)13-11-15-6-2-1-3-7-15/h1-3,6-7,14,16-17H,4-5,8-13H2. The first-order chi connectivity index (χ1) is 11.8. The van der Waals surface area contributed by atoms with Crippen LogP contribution in [0.5, 0.6) is 0 Å². The molecule has 0 radical (unpaired) electrons. The first-order valence-corrected chi connectivity index (χ1v) is 9.05. The fraction of sp³-hybridized carbons (Fsp3) is 0.526. The fourth-order valence-corrected chi connectivity index (χ4v) is 3.61. The second-order valence-electron chi connectivity index (χ2n) is 6.89. The van der Waals surface area contributed by atoms with Gasteiger partial charge >= 0.3 is 0 Å². The molecule has 5 heteroatoms. The quantitative estimate of drug-likeness (QED) is 0.849. The van der Waals surface area contributed by atoms with Crippen LogP contribution in [0.4, 0.5) is 0 Å². The highest BCUT2D eigenvalue weighted by atomic mass is 16.2. The number of likely N-dealkylation sites (tertiary alicyclic amines) is 1. The van der Waals surface area contributed by atoms with E-state index in [1.165, 1.54) is 5.56 Å². The minimum Gasteiger partial charge on any atom is -0.332 e. The molecule has 1 unspecified atom stereocenters. The average Bonchev–Trinajstić information content (AvgIpc) is 3.38. The number of nitrogens with zero attached hydrogens (tertiary/aromatic N) is 4. The summed E-state index contributed by atoms with van der Waals surface area (Å²) in [6, 6.07) is 10.5. The molecule has 2 heterocycles. The number of piperidine rings is 1. The molecule has 126 valence electrons. The van der Waals surface area contributed by atoms with Crippen LogP contribution in [0.3, 0.4) is 0 Å². The zero-order valence-corrected chi connectivity index (χ0v) is 14.0. The van der Waals surface area contributed by atoms with E-state index in [4.69, 9.17) is 0 Å². The molecule has 1 aromatic carbocycles. The summed E-state index contributed by atoms with van der Waals surface area (Å²) in [5.41, 5.74) is 1.30. The van der Waals surface area contributed by atoms with Crippen molar-refractivity contribution < 1.29 is 4.79 Å². The van der Waals surface area contributed by atoms with E-state index in [0.717, 1.165) is 57.4 Å². The van der Waals surface area contributed by atoms with E-state index in [9.17, 15) is 4.79 Å². The van der Waals surface area contributed by atoms with E-state index in [0.29, 0.717) is 5.91 Å². The minimum atomic E-state index is 0.102. The van der Waals surface area contributed by atoms with Crippen molar-refractivity contribution in [2.45, 2.75) is 51.1 Å². The van der Waals surface area contributed by atoms with Crippen LogP contribution in [-0.2, 0) is 17.8 Å². The third-order valence-corrected chi connectivity index (χ3v) is 5.11. The molecule has 2 aliphatic rings. The highest BCUT2D eigenvalue weighted by molar-refractivity contribution is 5.81. The number of hydrogen-bond acceptors (Lipinski definition) is 3. The number of amides is 1. The number of aryl methyl sites for hydroxylation is 2. The number of carbonyl (C=O) groups excluding carboxylic acids is 1. The Labute approximate surface area is 142 Å². The van der Waals surface area contributed by atoms with Crippen molar-refractivity contribution in [2.75, 3.05) is 6.54 Å². The predicted molar refractivity (Wildman–Crippen MR) is 91.2 cm³/mol. The van der Waals surface area contributed by atoms with E-state index >= 15 is 0 Å². The van der Waals surface area contributed by atoms with Crippen LogP contribution in [0.2, 0.25) is 0 Å². The summed E-state index contributed by atoms with van der Waals surface area (Å²) in [7, 11) is 0. The first-order valence-electron chi connectivity index (χ1n) is 9.05. The monoisotopic (exact) mass is 324 g/mol. The molecule has 1 atom stereocenters. The Morgan fingerprint density at radius 2 is 1.96 bits per heavy atom. The topological polar surface area (TPSA) is 51.0 Å². The molecule has 1 aliphatic heterocycles. The van der Waals surface area contributed by atoms with Gasteiger partial charge in [0, 0.05) is 19.0 Å². The fourth-order valence-electron chi connectivity index (χ4n) is 3.61. The lowest BCUT2D eigenvalue weighted by atomic mass is 10.0. The van der Waals surface area contributed by atoms with Gasteiger partial charge in [-0.05, 0) is 44.1 Å². The first kappa shape index (κ1) is 15.4. The summed E-state index contributed by atoms with van der Waals surface area (Å²) < 4.78 is 2.00. The van der Waals surface area contributed by atoms with Gasteiger partial charge in [0.1, 0.15) is 12.2 Å². The molecule has 2 aromatic rings. The van der Waals surface area contributed by atoms with Gasteiger partial charge in [-0.1, -0.05) is 30.3 Å². The molecule has 1 saturated carbocycles.